The first-order chi connectivity index (χ1) is 11.1. The van der Waals surface area contributed by atoms with Crippen molar-refractivity contribution < 1.29 is 9.18 Å². The van der Waals surface area contributed by atoms with E-state index in [1.165, 1.54) is 43.3 Å². The number of carbonyl (C=O) groups excluding carboxylic acids is 1. The number of rotatable bonds is 4. The van der Waals surface area contributed by atoms with Gasteiger partial charge >= 0.3 is 0 Å². The molecule has 1 saturated carbocycles. The predicted molar refractivity (Wildman–Crippen MR) is 87.3 cm³/mol. The second kappa shape index (κ2) is 6.91. The van der Waals surface area contributed by atoms with E-state index in [-0.39, 0.29) is 10.7 Å². The van der Waals surface area contributed by atoms with E-state index in [2.05, 4.69) is 20.6 Å². The molecule has 1 aliphatic rings. The van der Waals surface area contributed by atoms with Crippen LogP contribution in [0.4, 0.5) is 16.0 Å². The maximum atomic E-state index is 13.1. The van der Waals surface area contributed by atoms with Gasteiger partial charge < -0.3 is 10.6 Å². The van der Waals surface area contributed by atoms with Crippen molar-refractivity contribution in [2.24, 2.45) is 0 Å². The normalized spacial score (nSPS) is 14.7. The molecule has 23 heavy (non-hydrogen) atoms. The van der Waals surface area contributed by atoms with Gasteiger partial charge in [-0.25, -0.2) is 14.4 Å². The average Bonchev–Trinajstić information content (AvgIpc) is 3.04. The van der Waals surface area contributed by atoms with Crippen molar-refractivity contribution in [2.45, 2.75) is 31.7 Å². The number of halogens is 2. The van der Waals surface area contributed by atoms with Crippen molar-refractivity contribution in [1.29, 1.82) is 0 Å². The number of amides is 1. The number of nitrogens with one attached hydrogen (secondary N) is 2. The Labute approximate surface area is 138 Å². The van der Waals surface area contributed by atoms with E-state index in [9.17, 15) is 9.18 Å². The summed E-state index contributed by atoms with van der Waals surface area (Å²) in [5.41, 5.74) is 0.645. The lowest BCUT2D eigenvalue weighted by Crippen LogP contribution is -2.19. The van der Waals surface area contributed by atoms with Gasteiger partial charge in [0, 0.05) is 17.9 Å². The number of nitrogens with zero attached hydrogens (tertiary/aromatic N) is 2. The molecule has 0 aliphatic heterocycles. The van der Waals surface area contributed by atoms with Gasteiger partial charge in [0.15, 0.2) is 0 Å². The Morgan fingerprint density at radius 1 is 1.26 bits per heavy atom. The Balaban J connectivity index is 1.70. The molecule has 7 heteroatoms. The molecule has 0 unspecified atom stereocenters. The zero-order chi connectivity index (χ0) is 16.2. The zero-order valence-electron chi connectivity index (χ0n) is 12.4. The Morgan fingerprint density at radius 3 is 2.78 bits per heavy atom. The molecule has 0 saturated heterocycles. The number of benzene rings is 1. The van der Waals surface area contributed by atoms with Crippen molar-refractivity contribution in [1.82, 2.24) is 9.97 Å². The van der Waals surface area contributed by atoms with Crippen LogP contribution < -0.4 is 10.6 Å². The van der Waals surface area contributed by atoms with Crippen molar-refractivity contribution >= 4 is 29.1 Å². The monoisotopic (exact) mass is 334 g/mol. The van der Waals surface area contributed by atoms with Gasteiger partial charge in [-0.3, -0.25) is 4.79 Å². The Bertz CT molecular complexity index is 719. The number of hydrogen-bond acceptors (Lipinski definition) is 4. The van der Waals surface area contributed by atoms with Crippen LogP contribution in [0.2, 0.25) is 5.02 Å². The molecule has 3 rings (SSSR count). The average molecular weight is 335 g/mol. The zero-order valence-corrected chi connectivity index (χ0v) is 13.1. The van der Waals surface area contributed by atoms with Gasteiger partial charge in [-0.1, -0.05) is 24.4 Å². The molecule has 0 atom stereocenters. The van der Waals surface area contributed by atoms with E-state index in [0.29, 0.717) is 17.7 Å². The van der Waals surface area contributed by atoms with Gasteiger partial charge in [0.2, 0.25) is 5.95 Å². The van der Waals surface area contributed by atoms with Gasteiger partial charge in [0.1, 0.15) is 11.5 Å². The molecule has 1 aliphatic carbocycles. The summed E-state index contributed by atoms with van der Waals surface area (Å²) in [6.45, 7) is 0. The van der Waals surface area contributed by atoms with E-state index < -0.39 is 11.7 Å². The van der Waals surface area contributed by atoms with Gasteiger partial charge in [-0.15, -0.1) is 0 Å². The van der Waals surface area contributed by atoms with Crippen LogP contribution in [0.3, 0.4) is 0 Å². The third kappa shape index (κ3) is 3.96. The summed E-state index contributed by atoms with van der Waals surface area (Å²) >= 11 is 5.70. The molecular formula is C16H16ClFN4O. The largest absolute Gasteiger partial charge is 0.351 e. The molecule has 2 aromatic rings. The molecule has 120 valence electrons. The summed E-state index contributed by atoms with van der Waals surface area (Å²) < 4.78 is 13.1. The first-order valence-corrected chi connectivity index (χ1v) is 7.85. The van der Waals surface area contributed by atoms with E-state index in [1.54, 1.807) is 0 Å². The van der Waals surface area contributed by atoms with Crippen molar-refractivity contribution in [3.8, 4) is 0 Å². The maximum Gasteiger partial charge on any atom is 0.274 e. The first kappa shape index (κ1) is 15.7. The number of aromatic nitrogens is 2. The molecule has 1 aromatic heterocycles. The highest BCUT2D eigenvalue weighted by atomic mass is 35.5. The third-order valence-electron chi connectivity index (χ3n) is 3.75. The Kier molecular flexibility index (Phi) is 4.71. The smallest absolute Gasteiger partial charge is 0.274 e. The highest BCUT2D eigenvalue weighted by Gasteiger charge is 2.16. The lowest BCUT2D eigenvalue weighted by Gasteiger charge is -2.12. The van der Waals surface area contributed by atoms with Crippen LogP contribution in [0, 0.1) is 5.82 Å². The highest BCUT2D eigenvalue weighted by Crippen LogP contribution is 2.21. The molecule has 1 amide bonds. The molecule has 5 nitrogen and oxygen atoms in total. The molecule has 0 bridgehead atoms. The molecule has 0 radical (unpaired) electrons. The molecule has 2 N–H and O–H groups in total. The Hall–Kier alpha value is -2.21. The lowest BCUT2D eigenvalue weighted by molar-refractivity contribution is 0.102. The van der Waals surface area contributed by atoms with Crippen LogP contribution in [-0.4, -0.2) is 21.9 Å². The minimum atomic E-state index is -0.533. The van der Waals surface area contributed by atoms with Crippen molar-refractivity contribution in [3.05, 3.63) is 47.0 Å². The van der Waals surface area contributed by atoms with E-state index in [0.717, 1.165) is 12.8 Å². The number of carbonyl (C=O) groups is 1. The third-order valence-corrected chi connectivity index (χ3v) is 4.04. The Morgan fingerprint density at radius 2 is 2.04 bits per heavy atom. The standard InChI is InChI=1S/C16H16ClFN4O/c17-12-9-11(5-6-13(12)18)20-15(23)14-7-8-19-16(22-14)21-10-3-1-2-4-10/h5-10H,1-4H2,(H,20,23)(H,19,21,22). The number of anilines is 2. The van der Waals surface area contributed by atoms with Crippen molar-refractivity contribution in [2.75, 3.05) is 10.6 Å². The summed E-state index contributed by atoms with van der Waals surface area (Å²) in [6.07, 6.45) is 6.12. The topological polar surface area (TPSA) is 66.9 Å². The van der Waals surface area contributed by atoms with Crippen LogP contribution in [0.1, 0.15) is 36.2 Å². The lowest BCUT2D eigenvalue weighted by atomic mass is 10.2. The summed E-state index contributed by atoms with van der Waals surface area (Å²) in [6, 6.07) is 5.89. The quantitative estimate of drug-likeness (QED) is 0.890. The van der Waals surface area contributed by atoms with Crippen LogP contribution in [0.5, 0.6) is 0 Å². The molecular weight excluding hydrogens is 319 g/mol. The summed E-state index contributed by atoms with van der Waals surface area (Å²) in [5, 5.41) is 5.84. The minimum Gasteiger partial charge on any atom is -0.351 e. The van der Waals surface area contributed by atoms with Gasteiger partial charge in [-0.05, 0) is 37.1 Å². The number of hydrogen-bond donors (Lipinski definition) is 2. The summed E-state index contributed by atoms with van der Waals surface area (Å²) in [7, 11) is 0. The minimum absolute atomic E-state index is 0.0472. The molecule has 1 aromatic carbocycles. The summed E-state index contributed by atoms with van der Waals surface area (Å²) in [5.74, 6) is -0.485. The van der Waals surface area contributed by atoms with Gasteiger partial charge in [-0.2, -0.15) is 0 Å². The molecule has 1 fully saturated rings. The SMILES string of the molecule is O=C(Nc1ccc(F)c(Cl)c1)c1ccnc(NC2CCCC2)n1. The molecule has 0 spiro atoms. The van der Waals surface area contributed by atoms with E-state index >= 15 is 0 Å². The van der Waals surface area contributed by atoms with Crippen molar-refractivity contribution in [3.63, 3.8) is 0 Å². The predicted octanol–water partition coefficient (Wildman–Crippen LogP) is 3.88. The molecule has 1 heterocycles. The fourth-order valence-electron chi connectivity index (χ4n) is 2.58. The second-order valence-electron chi connectivity index (χ2n) is 5.47. The fraction of sp³-hybridized carbons (Fsp3) is 0.312. The summed E-state index contributed by atoms with van der Waals surface area (Å²) in [4.78, 5) is 20.6. The van der Waals surface area contributed by atoms with Crippen LogP contribution in [-0.2, 0) is 0 Å². The first-order valence-electron chi connectivity index (χ1n) is 7.48. The highest BCUT2D eigenvalue weighted by molar-refractivity contribution is 6.31. The van der Waals surface area contributed by atoms with Crippen LogP contribution >= 0.6 is 11.6 Å². The second-order valence-corrected chi connectivity index (χ2v) is 5.88. The van der Waals surface area contributed by atoms with Crippen LogP contribution in [0.25, 0.3) is 0 Å². The van der Waals surface area contributed by atoms with Crippen LogP contribution in [0.15, 0.2) is 30.5 Å². The maximum absolute atomic E-state index is 13.1. The van der Waals surface area contributed by atoms with E-state index in [1.807, 2.05) is 0 Å². The fourth-order valence-corrected chi connectivity index (χ4v) is 2.76. The van der Waals surface area contributed by atoms with E-state index in [4.69, 9.17) is 11.6 Å². The van der Waals surface area contributed by atoms with Gasteiger partial charge in [0.25, 0.3) is 5.91 Å². The van der Waals surface area contributed by atoms with Gasteiger partial charge in [0.05, 0.1) is 5.02 Å².